The highest BCUT2D eigenvalue weighted by Gasteiger charge is 2.19. The fourth-order valence-electron chi connectivity index (χ4n) is 2.07. The van der Waals surface area contributed by atoms with Crippen LogP contribution < -0.4 is 4.74 Å². The van der Waals surface area contributed by atoms with Gasteiger partial charge >= 0.3 is 11.7 Å². The molecule has 2 heterocycles. The number of ether oxygens (including phenoxy) is 2. The summed E-state index contributed by atoms with van der Waals surface area (Å²) in [4.78, 5) is 27.6. The van der Waals surface area contributed by atoms with Crippen molar-refractivity contribution in [3.8, 4) is 15.6 Å². The van der Waals surface area contributed by atoms with Gasteiger partial charge in [0.1, 0.15) is 11.6 Å². The van der Waals surface area contributed by atoms with E-state index in [2.05, 4.69) is 9.72 Å². The Labute approximate surface area is 150 Å². The van der Waals surface area contributed by atoms with Gasteiger partial charge in [-0.15, -0.1) is 22.7 Å². The summed E-state index contributed by atoms with van der Waals surface area (Å²) in [5.41, 5.74) is 0.478. The Kier molecular flexibility index (Phi) is 5.05. The van der Waals surface area contributed by atoms with Gasteiger partial charge in [-0.2, -0.15) is 0 Å². The largest absolute Gasteiger partial charge is 0.480 e. The highest BCUT2D eigenvalue weighted by atomic mass is 32.1. The van der Waals surface area contributed by atoms with Crippen LogP contribution in [0.1, 0.15) is 16.1 Å². The highest BCUT2D eigenvalue weighted by molar-refractivity contribution is 7.20. The molecular weight excluding hydrogens is 364 g/mol. The lowest BCUT2D eigenvalue weighted by molar-refractivity contribution is -0.386. The Bertz CT molecular complexity index is 905. The number of aromatic nitrogens is 1. The molecular formula is C16H12N2O5S2. The Morgan fingerprint density at radius 3 is 2.84 bits per heavy atom. The maximum absolute atomic E-state index is 11.5. The summed E-state index contributed by atoms with van der Waals surface area (Å²) in [5, 5.41) is 15.9. The smallest absolute Gasteiger partial charge is 0.338 e. The Morgan fingerprint density at radius 2 is 2.16 bits per heavy atom. The number of methoxy groups -OCH3 is 1. The standard InChI is InChI=1S/C16H12N2O5S2/c1-22-16(19)10-4-5-13(12(7-10)18(20)21)23-8-11-9-25-15(17-11)14-3-2-6-24-14/h2-7,9H,8H2,1H3. The van der Waals surface area contributed by atoms with E-state index in [9.17, 15) is 14.9 Å². The predicted octanol–water partition coefficient (Wildman–Crippen LogP) is 4.15. The lowest BCUT2D eigenvalue weighted by Crippen LogP contribution is -2.04. The molecule has 9 heteroatoms. The van der Waals surface area contributed by atoms with Gasteiger partial charge in [0.15, 0.2) is 5.75 Å². The minimum atomic E-state index is -0.644. The summed E-state index contributed by atoms with van der Waals surface area (Å²) >= 11 is 3.08. The van der Waals surface area contributed by atoms with Crippen molar-refractivity contribution in [2.75, 3.05) is 7.11 Å². The monoisotopic (exact) mass is 376 g/mol. The Morgan fingerprint density at radius 1 is 1.32 bits per heavy atom. The number of benzene rings is 1. The summed E-state index contributed by atoms with van der Waals surface area (Å²) in [6, 6.07) is 7.87. The third-order valence-electron chi connectivity index (χ3n) is 3.24. The minimum Gasteiger partial charge on any atom is -0.480 e. The normalized spacial score (nSPS) is 10.4. The molecule has 0 unspecified atom stereocenters. The molecule has 0 saturated heterocycles. The number of carbonyl (C=O) groups is 1. The van der Waals surface area contributed by atoms with E-state index >= 15 is 0 Å². The van der Waals surface area contributed by atoms with Gasteiger partial charge in [-0.3, -0.25) is 10.1 Å². The SMILES string of the molecule is COC(=O)c1ccc(OCc2csc(-c3cccs3)n2)c([N+](=O)[O-])c1. The molecule has 0 atom stereocenters. The molecule has 128 valence electrons. The fraction of sp³-hybridized carbons (Fsp3) is 0.125. The molecule has 0 aliphatic heterocycles. The topological polar surface area (TPSA) is 91.6 Å². The average molecular weight is 376 g/mol. The van der Waals surface area contributed by atoms with Crippen molar-refractivity contribution >= 4 is 34.3 Å². The molecule has 0 spiro atoms. The van der Waals surface area contributed by atoms with Crippen LogP contribution in [0.15, 0.2) is 41.1 Å². The molecule has 0 bridgehead atoms. The maximum Gasteiger partial charge on any atom is 0.338 e. The number of carbonyl (C=O) groups excluding carboxylic acids is 1. The number of hydrogen-bond donors (Lipinski definition) is 0. The zero-order valence-corrected chi connectivity index (χ0v) is 14.6. The maximum atomic E-state index is 11.5. The molecule has 7 nitrogen and oxygen atoms in total. The molecule has 25 heavy (non-hydrogen) atoms. The van der Waals surface area contributed by atoms with Gasteiger partial charge in [0, 0.05) is 11.4 Å². The predicted molar refractivity (Wildman–Crippen MR) is 94.2 cm³/mol. The van der Waals surface area contributed by atoms with Crippen molar-refractivity contribution in [2.45, 2.75) is 6.61 Å². The molecule has 0 aliphatic carbocycles. The van der Waals surface area contributed by atoms with Crippen molar-refractivity contribution in [3.05, 3.63) is 62.5 Å². The second-order valence-corrected chi connectivity index (χ2v) is 6.65. The third-order valence-corrected chi connectivity index (χ3v) is 5.17. The van der Waals surface area contributed by atoms with Gasteiger partial charge in [0.05, 0.1) is 28.2 Å². The van der Waals surface area contributed by atoms with E-state index < -0.39 is 10.9 Å². The van der Waals surface area contributed by atoms with E-state index in [0.29, 0.717) is 5.69 Å². The summed E-state index contributed by atoms with van der Waals surface area (Å²) in [5.74, 6) is -0.571. The first-order chi connectivity index (χ1) is 12.1. The molecule has 0 aliphatic rings. The minimum absolute atomic E-state index is 0.0725. The molecule has 0 radical (unpaired) electrons. The van der Waals surface area contributed by atoms with E-state index in [1.807, 2.05) is 22.9 Å². The summed E-state index contributed by atoms with van der Waals surface area (Å²) in [6.07, 6.45) is 0. The number of hydrogen-bond acceptors (Lipinski definition) is 8. The van der Waals surface area contributed by atoms with Gasteiger partial charge in [0.2, 0.25) is 0 Å². The highest BCUT2D eigenvalue weighted by Crippen LogP contribution is 2.31. The van der Waals surface area contributed by atoms with E-state index in [0.717, 1.165) is 16.0 Å². The van der Waals surface area contributed by atoms with E-state index in [-0.39, 0.29) is 23.6 Å². The number of thiophene rings is 1. The van der Waals surface area contributed by atoms with Crippen molar-refractivity contribution in [1.29, 1.82) is 0 Å². The van der Waals surface area contributed by atoms with Crippen LogP contribution in [0.2, 0.25) is 0 Å². The molecule has 0 amide bonds. The van der Waals surface area contributed by atoms with Gasteiger partial charge < -0.3 is 9.47 Å². The van der Waals surface area contributed by atoms with Crippen molar-refractivity contribution in [3.63, 3.8) is 0 Å². The van der Waals surface area contributed by atoms with E-state index in [1.54, 1.807) is 11.3 Å². The van der Waals surface area contributed by atoms with Crippen LogP contribution >= 0.6 is 22.7 Å². The number of nitro groups is 1. The number of nitro benzene ring substituents is 1. The van der Waals surface area contributed by atoms with Gasteiger partial charge in [-0.05, 0) is 23.6 Å². The second-order valence-electron chi connectivity index (χ2n) is 4.84. The van der Waals surface area contributed by atoms with Gasteiger partial charge in [-0.1, -0.05) is 6.07 Å². The fourth-order valence-corrected chi connectivity index (χ4v) is 3.68. The quantitative estimate of drug-likeness (QED) is 0.365. The lowest BCUT2D eigenvalue weighted by Gasteiger charge is -2.06. The van der Waals surface area contributed by atoms with E-state index in [1.165, 1.54) is 30.6 Å². The van der Waals surface area contributed by atoms with E-state index in [4.69, 9.17) is 4.74 Å². The van der Waals surface area contributed by atoms with Crippen LogP contribution in [0.3, 0.4) is 0 Å². The van der Waals surface area contributed by atoms with Crippen LogP contribution in [0.25, 0.3) is 9.88 Å². The molecule has 3 rings (SSSR count). The second kappa shape index (κ2) is 7.41. The summed E-state index contributed by atoms with van der Waals surface area (Å²) in [6.45, 7) is 0.0975. The number of thiazole rings is 1. The third kappa shape index (κ3) is 3.83. The number of esters is 1. The first-order valence-corrected chi connectivity index (χ1v) is 8.82. The van der Waals surface area contributed by atoms with Gasteiger partial charge in [0.25, 0.3) is 0 Å². The molecule has 0 N–H and O–H groups in total. The first-order valence-electron chi connectivity index (χ1n) is 7.06. The summed E-state index contributed by atoms with van der Waals surface area (Å²) < 4.78 is 10.1. The summed E-state index contributed by atoms with van der Waals surface area (Å²) in [7, 11) is 1.21. The lowest BCUT2D eigenvalue weighted by atomic mass is 10.2. The van der Waals surface area contributed by atoms with Gasteiger partial charge in [-0.25, -0.2) is 9.78 Å². The van der Waals surface area contributed by atoms with Crippen LogP contribution in [0.5, 0.6) is 5.75 Å². The molecule has 2 aromatic heterocycles. The zero-order chi connectivity index (χ0) is 17.8. The van der Waals surface area contributed by atoms with Crippen molar-refractivity contribution in [2.24, 2.45) is 0 Å². The molecule has 0 fully saturated rings. The Hall–Kier alpha value is -2.78. The average Bonchev–Trinajstić information content (AvgIpc) is 3.30. The molecule has 1 aromatic carbocycles. The van der Waals surface area contributed by atoms with Crippen molar-refractivity contribution in [1.82, 2.24) is 4.98 Å². The Balaban J connectivity index is 1.76. The molecule has 0 saturated carbocycles. The molecule has 3 aromatic rings. The first kappa shape index (κ1) is 17.1. The zero-order valence-electron chi connectivity index (χ0n) is 13.0. The van der Waals surface area contributed by atoms with Crippen LogP contribution in [0, 0.1) is 10.1 Å². The number of rotatable bonds is 6. The van der Waals surface area contributed by atoms with Crippen LogP contribution in [0.4, 0.5) is 5.69 Å². The van der Waals surface area contributed by atoms with Crippen LogP contribution in [-0.4, -0.2) is 23.0 Å². The van der Waals surface area contributed by atoms with Crippen LogP contribution in [-0.2, 0) is 11.3 Å². The number of nitrogens with zero attached hydrogens (tertiary/aromatic N) is 2. The van der Waals surface area contributed by atoms with Crippen molar-refractivity contribution < 1.29 is 19.2 Å².